The van der Waals surface area contributed by atoms with E-state index in [1.807, 2.05) is 37.3 Å². The lowest BCUT2D eigenvalue weighted by atomic mass is 10.1. The number of fused-ring (bicyclic) bond motifs is 1. The molecule has 4 heteroatoms. The van der Waals surface area contributed by atoms with E-state index < -0.39 is 0 Å². The predicted molar refractivity (Wildman–Crippen MR) is 87.0 cm³/mol. The second kappa shape index (κ2) is 5.49. The number of rotatable bonds is 3. The Balaban J connectivity index is 2.10. The molecule has 106 valence electrons. The Morgan fingerprint density at radius 3 is 2.70 bits per heavy atom. The molecule has 0 aliphatic heterocycles. The van der Waals surface area contributed by atoms with Gasteiger partial charge in [0.15, 0.2) is 0 Å². The van der Waals surface area contributed by atoms with Crippen molar-refractivity contribution in [1.82, 2.24) is 4.98 Å². The van der Waals surface area contributed by atoms with Crippen LogP contribution >= 0.6 is 11.6 Å². The molecule has 1 aliphatic carbocycles. The lowest BCUT2D eigenvalue weighted by Crippen LogP contribution is -2.16. The third-order valence-electron chi connectivity index (χ3n) is 3.98. The van der Waals surface area contributed by atoms with Gasteiger partial charge in [0.1, 0.15) is 5.82 Å². The average Bonchev–Trinajstić information content (AvgIpc) is 2.91. The minimum absolute atomic E-state index is 0.557. The van der Waals surface area contributed by atoms with Crippen molar-refractivity contribution < 1.29 is 0 Å². The second-order valence-electron chi connectivity index (χ2n) is 5.68. The Hall–Kier alpha value is -1.48. The molecular weight excluding hydrogens is 270 g/mol. The summed E-state index contributed by atoms with van der Waals surface area (Å²) in [4.78, 5) is 6.62. The lowest BCUT2D eigenvalue weighted by Gasteiger charge is -2.20. The third kappa shape index (κ3) is 2.42. The monoisotopic (exact) mass is 289 g/mol. The molecule has 0 saturated heterocycles. The number of aromatic nitrogens is 1. The maximum Gasteiger partial charge on any atom is 0.136 e. The number of nitrogens with zero attached hydrogens (tertiary/aromatic N) is 2. The van der Waals surface area contributed by atoms with E-state index in [4.69, 9.17) is 11.6 Å². The summed E-state index contributed by atoms with van der Waals surface area (Å²) in [5.74, 6) is 0.958. The Morgan fingerprint density at radius 1 is 1.25 bits per heavy atom. The van der Waals surface area contributed by atoms with Crippen molar-refractivity contribution in [2.45, 2.75) is 31.7 Å². The number of nitrogens with one attached hydrogen (secondary N) is 1. The SMILES string of the molecule is CN(C)c1ncc(NC2CCCC2)c2c(Cl)cccc12. The number of benzene rings is 1. The summed E-state index contributed by atoms with van der Waals surface area (Å²) in [5.41, 5.74) is 1.06. The van der Waals surface area contributed by atoms with E-state index in [0.29, 0.717) is 6.04 Å². The highest BCUT2D eigenvalue weighted by molar-refractivity contribution is 6.37. The molecule has 1 aromatic heterocycles. The molecule has 1 N–H and O–H groups in total. The van der Waals surface area contributed by atoms with Crippen LogP contribution in [0.5, 0.6) is 0 Å². The van der Waals surface area contributed by atoms with Crippen LogP contribution in [0.15, 0.2) is 24.4 Å². The van der Waals surface area contributed by atoms with Gasteiger partial charge in [-0.25, -0.2) is 4.98 Å². The Kier molecular flexibility index (Phi) is 3.70. The third-order valence-corrected chi connectivity index (χ3v) is 4.29. The largest absolute Gasteiger partial charge is 0.381 e. The zero-order valence-corrected chi connectivity index (χ0v) is 12.7. The standard InChI is InChI=1S/C16H20ClN3/c1-20(2)16-12-8-5-9-13(17)15(12)14(10-18-16)19-11-6-3-4-7-11/h5,8-11,19H,3-4,6-7H2,1-2H3. The minimum atomic E-state index is 0.557. The van der Waals surface area contributed by atoms with E-state index in [1.54, 1.807) is 0 Å². The van der Waals surface area contributed by atoms with Crippen molar-refractivity contribution in [3.8, 4) is 0 Å². The van der Waals surface area contributed by atoms with Gasteiger partial charge in [-0.15, -0.1) is 0 Å². The fraction of sp³-hybridized carbons (Fsp3) is 0.438. The first-order valence-corrected chi connectivity index (χ1v) is 7.55. The molecule has 0 unspecified atom stereocenters. The maximum atomic E-state index is 6.44. The quantitative estimate of drug-likeness (QED) is 0.913. The van der Waals surface area contributed by atoms with E-state index in [0.717, 1.165) is 27.3 Å². The molecule has 1 aromatic carbocycles. The summed E-state index contributed by atoms with van der Waals surface area (Å²) in [6, 6.07) is 6.58. The molecule has 0 spiro atoms. The van der Waals surface area contributed by atoms with E-state index in [-0.39, 0.29) is 0 Å². The van der Waals surface area contributed by atoms with Crippen LogP contribution < -0.4 is 10.2 Å². The zero-order valence-electron chi connectivity index (χ0n) is 12.0. The van der Waals surface area contributed by atoms with Gasteiger partial charge in [-0.3, -0.25) is 0 Å². The fourth-order valence-corrected chi connectivity index (χ4v) is 3.28. The summed E-state index contributed by atoms with van der Waals surface area (Å²) >= 11 is 6.44. The van der Waals surface area contributed by atoms with Gasteiger partial charge >= 0.3 is 0 Å². The van der Waals surface area contributed by atoms with Crippen LogP contribution in [0.3, 0.4) is 0 Å². The van der Waals surface area contributed by atoms with Crippen LogP contribution in [0.1, 0.15) is 25.7 Å². The Labute approximate surface area is 124 Å². The number of hydrogen-bond acceptors (Lipinski definition) is 3. The molecule has 0 atom stereocenters. The molecule has 3 nitrogen and oxygen atoms in total. The summed E-state index contributed by atoms with van der Waals surface area (Å²) in [5, 5.41) is 6.60. The van der Waals surface area contributed by atoms with E-state index in [2.05, 4.69) is 16.4 Å². The Morgan fingerprint density at radius 2 is 2.00 bits per heavy atom. The van der Waals surface area contributed by atoms with Gasteiger partial charge in [0.2, 0.25) is 0 Å². The van der Waals surface area contributed by atoms with Gasteiger partial charge in [0, 0.05) is 30.9 Å². The molecular formula is C16H20ClN3. The summed E-state index contributed by atoms with van der Waals surface area (Å²) in [6.07, 6.45) is 7.02. The van der Waals surface area contributed by atoms with Crippen molar-refractivity contribution in [3.63, 3.8) is 0 Å². The number of pyridine rings is 1. The van der Waals surface area contributed by atoms with Crippen molar-refractivity contribution in [2.24, 2.45) is 0 Å². The highest BCUT2D eigenvalue weighted by Crippen LogP contribution is 2.36. The van der Waals surface area contributed by atoms with Crippen LogP contribution in [0.4, 0.5) is 11.5 Å². The van der Waals surface area contributed by atoms with Gasteiger partial charge in [0.25, 0.3) is 0 Å². The zero-order chi connectivity index (χ0) is 14.1. The molecule has 1 heterocycles. The smallest absolute Gasteiger partial charge is 0.136 e. The van der Waals surface area contributed by atoms with Crippen molar-refractivity contribution >= 4 is 33.9 Å². The van der Waals surface area contributed by atoms with E-state index >= 15 is 0 Å². The molecule has 20 heavy (non-hydrogen) atoms. The summed E-state index contributed by atoms with van der Waals surface area (Å²) < 4.78 is 0. The highest BCUT2D eigenvalue weighted by atomic mass is 35.5. The van der Waals surface area contributed by atoms with E-state index in [9.17, 15) is 0 Å². The Bertz CT molecular complexity index is 618. The first kappa shape index (κ1) is 13.5. The summed E-state index contributed by atoms with van der Waals surface area (Å²) in [7, 11) is 4.01. The predicted octanol–water partition coefficient (Wildman–Crippen LogP) is 4.31. The average molecular weight is 290 g/mol. The first-order chi connectivity index (χ1) is 9.66. The minimum Gasteiger partial charge on any atom is -0.381 e. The molecule has 1 saturated carbocycles. The molecule has 0 radical (unpaired) electrons. The second-order valence-corrected chi connectivity index (χ2v) is 6.09. The van der Waals surface area contributed by atoms with Gasteiger partial charge < -0.3 is 10.2 Å². The summed E-state index contributed by atoms with van der Waals surface area (Å²) in [6.45, 7) is 0. The molecule has 2 aromatic rings. The van der Waals surface area contributed by atoms with Crippen LogP contribution in [-0.4, -0.2) is 25.1 Å². The number of hydrogen-bond donors (Lipinski definition) is 1. The van der Waals surface area contributed by atoms with Crippen molar-refractivity contribution in [1.29, 1.82) is 0 Å². The lowest BCUT2D eigenvalue weighted by molar-refractivity contribution is 0.756. The molecule has 1 fully saturated rings. The molecule has 0 bridgehead atoms. The van der Waals surface area contributed by atoms with Crippen molar-refractivity contribution in [2.75, 3.05) is 24.3 Å². The number of halogens is 1. The molecule has 1 aliphatic rings. The fourth-order valence-electron chi connectivity index (χ4n) is 3.00. The normalized spacial score (nSPS) is 15.8. The van der Waals surface area contributed by atoms with Gasteiger partial charge in [0.05, 0.1) is 16.9 Å². The van der Waals surface area contributed by atoms with Crippen LogP contribution in [0, 0.1) is 0 Å². The maximum absolute atomic E-state index is 6.44. The van der Waals surface area contributed by atoms with E-state index in [1.165, 1.54) is 25.7 Å². The first-order valence-electron chi connectivity index (χ1n) is 7.18. The van der Waals surface area contributed by atoms with Crippen molar-refractivity contribution in [3.05, 3.63) is 29.4 Å². The molecule has 0 amide bonds. The van der Waals surface area contributed by atoms with Crippen LogP contribution in [0.25, 0.3) is 10.8 Å². The highest BCUT2D eigenvalue weighted by Gasteiger charge is 2.18. The van der Waals surface area contributed by atoms with Crippen LogP contribution in [-0.2, 0) is 0 Å². The van der Waals surface area contributed by atoms with Gasteiger partial charge in [-0.2, -0.15) is 0 Å². The topological polar surface area (TPSA) is 28.2 Å². The molecule has 3 rings (SSSR count). The van der Waals surface area contributed by atoms with Gasteiger partial charge in [-0.1, -0.05) is 36.6 Å². The van der Waals surface area contributed by atoms with Crippen LogP contribution in [0.2, 0.25) is 5.02 Å². The van der Waals surface area contributed by atoms with Gasteiger partial charge in [-0.05, 0) is 18.9 Å². The number of anilines is 2.